The molecule has 0 unspecified atom stereocenters. The van der Waals surface area contributed by atoms with Crippen LogP contribution in [0, 0.1) is 124 Å². The fourth-order valence-electron chi connectivity index (χ4n) is 6.27. The van der Waals surface area contributed by atoms with Crippen LogP contribution in [0.4, 0.5) is 87.8 Å². The molecule has 2 heterocycles. The molecule has 0 saturated heterocycles. The average Bonchev–Trinajstić information content (AvgIpc) is 3.89. The zero-order chi connectivity index (χ0) is 46.4. The maximum absolute atomic E-state index is 15.4. The molecule has 0 aliphatic heterocycles. The maximum Gasteiger partial charge on any atom is 0.442 e. The second-order valence-electron chi connectivity index (χ2n) is 12.3. The Morgan fingerprint density at radius 3 is 0.726 bits per heavy atom. The van der Waals surface area contributed by atoms with Gasteiger partial charge in [-0.3, -0.25) is 0 Å². The highest BCUT2D eigenvalue weighted by Crippen LogP contribution is 2.30. The van der Waals surface area contributed by atoms with E-state index >= 15 is 35.1 Å². The first kappa shape index (κ1) is 47.4. The minimum absolute atomic E-state index is 0.354. The summed E-state index contributed by atoms with van der Waals surface area (Å²) in [6.07, 6.45) is -1.97. The zero-order valence-electron chi connectivity index (χ0n) is 29.6. The molecule has 0 N–H and O–H groups in total. The molecule has 0 aliphatic rings. The van der Waals surface area contributed by atoms with Crippen LogP contribution in [-0.4, -0.2) is 6.15 Å². The number of benzene rings is 4. The van der Waals surface area contributed by atoms with E-state index in [1.54, 1.807) is 0 Å². The van der Waals surface area contributed by atoms with E-state index in [0.29, 0.717) is 0 Å². The maximum atomic E-state index is 15.4. The summed E-state index contributed by atoms with van der Waals surface area (Å²) in [5, 5.41) is 0. The van der Waals surface area contributed by atoms with Gasteiger partial charge in [-0.1, -0.05) is 12.2 Å². The van der Waals surface area contributed by atoms with Crippen molar-refractivity contribution in [3.63, 3.8) is 0 Å². The quantitative estimate of drug-likeness (QED) is 0.0403. The van der Waals surface area contributed by atoms with E-state index < -0.39 is 144 Å². The Hall–Kier alpha value is -5.69. The lowest BCUT2D eigenvalue weighted by Crippen LogP contribution is -3.61. The Balaban J connectivity index is 0.000000355. The molecule has 2 nitrogen and oxygen atoms in total. The smallest absolute Gasteiger partial charge is 0.423 e. The number of hydrogen-bond donors (Lipinski definition) is 0. The second-order valence-corrected chi connectivity index (χ2v) is 15.0. The van der Waals surface area contributed by atoms with Crippen molar-refractivity contribution in [1.82, 2.24) is 0 Å². The van der Waals surface area contributed by atoms with E-state index in [4.69, 9.17) is 8.83 Å². The van der Waals surface area contributed by atoms with Crippen molar-refractivity contribution in [2.75, 3.05) is 0 Å². The van der Waals surface area contributed by atoms with E-state index in [1.807, 2.05) is 36.4 Å². The SMILES string of the molecule is C=CCc1ccc([I+]c2ccc(CC=C)o2)o1.Fc1c(F)c(F)c([B-](c2c(F)c(F)c(F)c(F)c2F)(c2c(F)c(F)c(F)c(F)c2F)c2c(F)c(F)c(F)c(F)c2F)c(F)c1F. The Bertz CT molecular complexity index is 2350. The Labute approximate surface area is 342 Å². The molecule has 328 valence electrons. The summed E-state index contributed by atoms with van der Waals surface area (Å²) in [4.78, 5) is 0. The summed E-state index contributed by atoms with van der Waals surface area (Å²) in [5.74, 6) is -69.5. The summed E-state index contributed by atoms with van der Waals surface area (Å²) in [6, 6.07) is 8.07. The third-order valence-electron chi connectivity index (χ3n) is 8.84. The first-order valence-electron chi connectivity index (χ1n) is 16.3. The molecule has 0 aliphatic carbocycles. The van der Waals surface area contributed by atoms with E-state index in [1.165, 1.54) is 0 Å². The molecule has 4 aromatic carbocycles. The van der Waals surface area contributed by atoms with Gasteiger partial charge in [0.05, 0.1) is 0 Å². The van der Waals surface area contributed by atoms with E-state index in [0.717, 1.165) is 31.9 Å². The zero-order valence-corrected chi connectivity index (χ0v) is 31.8. The van der Waals surface area contributed by atoms with E-state index in [9.17, 15) is 52.7 Å². The standard InChI is InChI=1S/C24BF20.C14H14IO2/c26-5-1(6(27)14(35)21(42)13(5)34)25(2-7(28)15(36)22(43)16(37)8(2)29,3-9(30)17(38)23(44)18(39)10(3)31)4-11(32)19(40)24(45)20(41)12(4)33;1-3-5-11-7-9-13(16-11)15-14-10-8-12(17-14)6-4-2/h;3-4,7-10H,1-2,5-6H2/q-1;+1. The molecule has 0 atom stereocenters. The minimum Gasteiger partial charge on any atom is -0.423 e. The first-order chi connectivity index (χ1) is 29.0. The molecule has 62 heavy (non-hydrogen) atoms. The number of rotatable bonds is 10. The molecule has 0 fully saturated rings. The lowest BCUT2D eigenvalue weighted by atomic mass is 9.12. The van der Waals surface area contributed by atoms with Gasteiger partial charge in [-0.2, -0.15) is 0 Å². The summed E-state index contributed by atoms with van der Waals surface area (Å²) < 4.78 is 307. The molecule has 24 heteroatoms. The molecule has 0 radical (unpaired) electrons. The molecular formula is C38H14BF20IO2. The number of halogens is 21. The van der Waals surface area contributed by atoms with Gasteiger partial charge in [0.15, 0.2) is 69.8 Å². The van der Waals surface area contributed by atoms with Crippen molar-refractivity contribution < 1.29 is 118 Å². The molecule has 0 amide bonds. The molecule has 0 saturated carbocycles. The third kappa shape index (κ3) is 7.62. The van der Waals surface area contributed by atoms with Crippen LogP contribution < -0.4 is 43.1 Å². The van der Waals surface area contributed by atoms with Crippen LogP contribution >= 0.6 is 0 Å². The summed E-state index contributed by atoms with van der Waals surface area (Å²) in [5.41, 5.74) is -14.3. The predicted molar refractivity (Wildman–Crippen MR) is 172 cm³/mol. The highest BCUT2D eigenvalue weighted by atomic mass is 127. The highest BCUT2D eigenvalue weighted by molar-refractivity contribution is 7.20. The number of hydrogen-bond acceptors (Lipinski definition) is 2. The molecule has 6 aromatic rings. The molecular weight excluding hydrogens is 1010 g/mol. The molecule has 6 rings (SSSR count). The van der Waals surface area contributed by atoms with Crippen LogP contribution in [0.3, 0.4) is 0 Å². The Kier molecular flexibility index (Phi) is 13.7. The molecule has 0 spiro atoms. The van der Waals surface area contributed by atoms with Crippen molar-refractivity contribution in [2.45, 2.75) is 12.8 Å². The first-order valence-corrected chi connectivity index (χ1v) is 18.4. The minimum atomic E-state index is -7.22. The predicted octanol–water partition coefficient (Wildman–Crippen LogP) is 6.30. The van der Waals surface area contributed by atoms with Gasteiger partial charge in [-0.05, 0) is 12.1 Å². The highest BCUT2D eigenvalue weighted by Gasteiger charge is 2.52. The average molecular weight is 1020 g/mol. The van der Waals surface area contributed by atoms with Crippen LogP contribution in [0.25, 0.3) is 0 Å². The Morgan fingerprint density at radius 2 is 0.532 bits per heavy atom. The van der Waals surface area contributed by atoms with Crippen LogP contribution in [-0.2, 0) is 12.8 Å². The largest absolute Gasteiger partial charge is 0.442 e. The van der Waals surface area contributed by atoms with Gasteiger partial charge in [0.25, 0.3) is 0 Å². The summed E-state index contributed by atoms with van der Waals surface area (Å²) in [7, 11) is 0. The van der Waals surface area contributed by atoms with E-state index in [2.05, 4.69) is 13.2 Å². The third-order valence-corrected chi connectivity index (χ3v) is 11.1. The Morgan fingerprint density at radius 1 is 0.339 bits per heavy atom. The van der Waals surface area contributed by atoms with Crippen molar-refractivity contribution in [3.8, 4) is 0 Å². The van der Waals surface area contributed by atoms with Gasteiger partial charge >= 0.3 is 28.7 Å². The summed E-state index contributed by atoms with van der Waals surface area (Å²) >= 11 is -0.354. The van der Waals surface area contributed by atoms with Gasteiger partial charge in [0, 0.05) is 25.0 Å². The molecule has 0 bridgehead atoms. The van der Waals surface area contributed by atoms with Crippen molar-refractivity contribution in [3.05, 3.63) is 185 Å². The van der Waals surface area contributed by atoms with Crippen LogP contribution in [0.1, 0.15) is 11.5 Å². The normalized spacial score (nSPS) is 11.5. The van der Waals surface area contributed by atoms with Gasteiger partial charge in [0.1, 0.15) is 64.2 Å². The lowest BCUT2D eigenvalue weighted by Gasteiger charge is -2.44. The van der Waals surface area contributed by atoms with Crippen LogP contribution in [0.5, 0.6) is 0 Å². The van der Waals surface area contributed by atoms with Gasteiger partial charge < -0.3 is 8.83 Å². The number of allylic oxidation sites excluding steroid dienone is 2. The topological polar surface area (TPSA) is 26.3 Å². The van der Waals surface area contributed by atoms with Gasteiger partial charge in [0.2, 0.25) is 0 Å². The van der Waals surface area contributed by atoms with Crippen LogP contribution in [0.2, 0.25) is 0 Å². The molecule has 2 aromatic heterocycles. The fourth-order valence-corrected chi connectivity index (χ4v) is 8.30. The van der Waals surface area contributed by atoms with Crippen molar-refractivity contribution in [1.29, 1.82) is 0 Å². The van der Waals surface area contributed by atoms with Crippen molar-refractivity contribution >= 4 is 28.0 Å². The number of furan rings is 2. The van der Waals surface area contributed by atoms with Gasteiger partial charge in [-0.15, -0.1) is 35.0 Å². The lowest BCUT2D eigenvalue weighted by molar-refractivity contribution is -0.636. The monoisotopic (exact) mass is 1020 g/mol. The van der Waals surface area contributed by atoms with E-state index in [-0.39, 0.29) is 21.2 Å². The second kappa shape index (κ2) is 18.0. The summed E-state index contributed by atoms with van der Waals surface area (Å²) in [6.45, 7) is 7.39. The fraction of sp³-hybridized carbons (Fsp3) is 0.0526. The van der Waals surface area contributed by atoms with Crippen LogP contribution in [0.15, 0.2) is 58.4 Å². The van der Waals surface area contributed by atoms with Gasteiger partial charge in [-0.25, -0.2) is 87.8 Å². The van der Waals surface area contributed by atoms with Crippen molar-refractivity contribution in [2.24, 2.45) is 0 Å².